The predicted octanol–water partition coefficient (Wildman–Crippen LogP) is 1.49. The molecule has 0 radical (unpaired) electrons. The molecule has 1 amide bonds. The lowest BCUT2D eigenvalue weighted by Gasteiger charge is -2.18. The summed E-state index contributed by atoms with van der Waals surface area (Å²) in [6, 6.07) is 4.35. The highest BCUT2D eigenvalue weighted by Crippen LogP contribution is 2.37. The summed E-state index contributed by atoms with van der Waals surface area (Å²) >= 11 is 1.66. The highest BCUT2D eigenvalue weighted by atomic mass is 32.1. The van der Waals surface area contributed by atoms with Crippen LogP contribution >= 0.6 is 11.3 Å². The molecular weight excluding hydrogens is 232 g/mol. The van der Waals surface area contributed by atoms with E-state index in [4.69, 9.17) is 5.73 Å². The molecule has 3 unspecified atom stereocenters. The van der Waals surface area contributed by atoms with E-state index in [2.05, 4.69) is 0 Å². The molecule has 1 aromatic heterocycles. The number of thiophene rings is 1. The van der Waals surface area contributed by atoms with Gasteiger partial charge in [0.15, 0.2) is 0 Å². The molecule has 1 aliphatic carbocycles. The molecule has 0 aromatic carbocycles. The molecule has 1 saturated heterocycles. The molecule has 2 heterocycles. The molecule has 1 aromatic rings. The average molecular weight is 250 g/mol. The van der Waals surface area contributed by atoms with E-state index in [0.29, 0.717) is 24.3 Å². The van der Waals surface area contributed by atoms with Gasteiger partial charge in [0, 0.05) is 24.0 Å². The number of hydrogen-bond donors (Lipinski definition) is 1. The summed E-state index contributed by atoms with van der Waals surface area (Å²) in [5.74, 6) is 1.49. The van der Waals surface area contributed by atoms with Crippen LogP contribution < -0.4 is 5.73 Å². The Morgan fingerprint density at radius 2 is 2.35 bits per heavy atom. The van der Waals surface area contributed by atoms with Gasteiger partial charge in [-0.05, 0) is 36.1 Å². The van der Waals surface area contributed by atoms with Crippen LogP contribution in [0.15, 0.2) is 17.5 Å². The fourth-order valence-corrected chi connectivity index (χ4v) is 3.88. The standard InChI is InChI=1S/C13H18N2OS/c14-12-4-3-9-7-15(8-11(9)12)13(16)6-10-2-1-5-17-10/h1-2,5,9,11-12H,3-4,6-8,14H2. The van der Waals surface area contributed by atoms with Gasteiger partial charge in [0.25, 0.3) is 0 Å². The second-order valence-electron chi connectivity index (χ2n) is 5.22. The first kappa shape index (κ1) is 11.2. The van der Waals surface area contributed by atoms with Crippen molar-refractivity contribution in [2.45, 2.75) is 25.3 Å². The molecular formula is C13H18N2OS. The number of likely N-dealkylation sites (tertiary alicyclic amines) is 1. The van der Waals surface area contributed by atoms with E-state index in [1.807, 2.05) is 22.4 Å². The zero-order valence-corrected chi connectivity index (χ0v) is 10.7. The molecule has 0 spiro atoms. The topological polar surface area (TPSA) is 46.3 Å². The summed E-state index contributed by atoms with van der Waals surface area (Å²) in [7, 11) is 0. The Bertz CT molecular complexity index is 404. The summed E-state index contributed by atoms with van der Waals surface area (Å²) in [6.07, 6.45) is 2.91. The first-order valence-corrected chi connectivity index (χ1v) is 7.18. The molecule has 3 atom stereocenters. The van der Waals surface area contributed by atoms with Crippen molar-refractivity contribution in [3.63, 3.8) is 0 Å². The summed E-state index contributed by atoms with van der Waals surface area (Å²) in [5.41, 5.74) is 6.08. The maximum absolute atomic E-state index is 12.1. The number of carbonyl (C=O) groups excluding carboxylic acids is 1. The third-order valence-corrected chi connectivity index (χ3v) is 5.05. The molecule has 2 N–H and O–H groups in total. The molecule has 4 heteroatoms. The van der Waals surface area contributed by atoms with E-state index in [1.165, 1.54) is 6.42 Å². The van der Waals surface area contributed by atoms with E-state index in [9.17, 15) is 4.79 Å². The quantitative estimate of drug-likeness (QED) is 0.864. The number of fused-ring (bicyclic) bond motifs is 1. The van der Waals surface area contributed by atoms with Crippen LogP contribution in [0.25, 0.3) is 0 Å². The minimum absolute atomic E-state index is 0.272. The number of hydrogen-bond acceptors (Lipinski definition) is 3. The van der Waals surface area contributed by atoms with Crippen molar-refractivity contribution in [2.24, 2.45) is 17.6 Å². The van der Waals surface area contributed by atoms with Crippen molar-refractivity contribution in [3.8, 4) is 0 Å². The minimum atomic E-state index is 0.272. The maximum Gasteiger partial charge on any atom is 0.227 e. The van der Waals surface area contributed by atoms with Crippen molar-refractivity contribution in [2.75, 3.05) is 13.1 Å². The molecule has 17 heavy (non-hydrogen) atoms. The lowest BCUT2D eigenvalue weighted by Crippen LogP contribution is -2.34. The third-order valence-electron chi connectivity index (χ3n) is 4.17. The van der Waals surface area contributed by atoms with Crippen LogP contribution in [0.3, 0.4) is 0 Å². The molecule has 3 nitrogen and oxygen atoms in total. The van der Waals surface area contributed by atoms with Gasteiger partial charge in [-0.25, -0.2) is 0 Å². The van der Waals surface area contributed by atoms with E-state index in [-0.39, 0.29) is 5.91 Å². The molecule has 1 saturated carbocycles. The van der Waals surface area contributed by atoms with Crippen LogP contribution in [0.5, 0.6) is 0 Å². The summed E-state index contributed by atoms with van der Waals surface area (Å²) < 4.78 is 0. The van der Waals surface area contributed by atoms with Gasteiger partial charge in [-0.15, -0.1) is 11.3 Å². The van der Waals surface area contributed by atoms with Crippen molar-refractivity contribution >= 4 is 17.2 Å². The third kappa shape index (κ3) is 2.11. The van der Waals surface area contributed by atoms with Crippen LogP contribution in [-0.4, -0.2) is 29.9 Å². The number of amides is 1. The highest BCUT2D eigenvalue weighted by Gasteiger charge is 2.42. The van der Waals surface area contributed by atoms with E-state index in [0.717, 1.165) is 24.4 Å². The SMILES string of the molecule is NC1CCC2CN(C(=O)Cc3cccs3)CC12. The van der Waals surface area contributed by atoms with Crippen molar-refractivity contribution in [1.29, 1.82) is 0 Å². The molecule has 0 bridgehead atoms. The van der Waals surface area contributed by atoms with E-state index >= 15 is 0 Å². The van der Waals surface area contributed by atoms with Crippen LogP contribution in [0.2, 0.25) is 0 Å². The largest absolute Gasteiger partial charge is 0.342 e. The zero-order valence-electron chi connectivity index (χ0n) is 9.84. The molecule has 92 valence electrons. The zero-order chi connectivity index (χ0) is 11.8. The number of nitrogens with two attached hydrogens (primary N) is 1. The fraction of sp³-hybridized carbons (Fsp3) is 0.615. The fourth-order valence-electron chi connectivity index (χ4n) is 3.19. The Hall–Kier alpha value is -0.870. The summed E-state index contributed by atoms with van der Waals surface area (Å²) in [6.45, 7) is 1.82. The Labute approximate surface area is 106 Å². The minimum Gasteiger partial charge on any atom is -0.342 e. The second-order valence-corrected chi connectivity index (χ2v) is 6.25. The maximum atomic E-state index is 12.1. The van der Waals surface area contributed by atoms with E-state index < -0.39 is 0 Å². The molecule has 2 aliphatic rings. The Morgan fingerprint density at radius 1 is 1.47 bits per heavy atom. The Balaban J connectivity index is 1.61. The van der Waals surface area contributed by atoms with Crippen molar-refractivity contribution in [3.05, 3.63) is 22.4 Å². The monoisotopic (exact) mass is 250 g/mol. The van der Waals surface area contributed by atoms with Gasteiger partial charge < -0.3 is 10.6 Å². The van der Waals surface area contributed by atoms with Crippen LogP contribution in [0.4, 0.5) is 0 Å². The number of carbonyl (C=O) groups is 1. The highest BCUT2D eigenvalue weighted by molar-refractivity contribution is 7.10. The number of rotatable bonds is 2. The predicted molar refractivity (Wildman–Crippen MR) is 68.8 cm³/mol. The van der Waals surface area contributed by atoms with E-state index in [1.54, 1.807) is 11.3 Å². The Kier molecular flexibility index (Phi) is 2.92. The van der Waals surface area contributed by atoms with Gasteiger partial charge in [0.1, 0.15) is 0 Å². The van der Waals surface area contributed by atoms with Gasteiger partial charge in [0.2, 0.25) is 5.91 Å². The number of nitrogens with zero attached hydrogens (tertiary/aromatic N) is 1. The van der Waals surface area contributed by atoms with Crippen molar-refractivity contribution < 1.29 is 4.79 Å². The summed E-state index contributed by atoms with van der Waals surface area (Å²) in [5, 5.41) is 2.03. The lowest BCUT2D eigenvalue weighted by molar-refractivity contribution is -0.129. The van der Waals surface area contributed by atoms with Gasteiger partial charge in [-0.1, -0.05) is 6.07 Å². The average Bonchev–Trinajstić information content (AvgIpc) is 2.97. The Morgan fingerprint density at radius 3 is 3.06 bits per heavy atom. The smallest absolute Gasteiger partial charge is 0.227 e. The molecule has 3 rings (SSSR count). The lowest BCUT2D eigenvalue weighted by atomic mass is 9.98. The second kappa shape index (κ2) is 4.42. The van der Waals surface area contributed by atoms with Gasteiger partial charge in [-0.2, -0.15) is 0 Å². The van der Waals surface area contributed by atoms with Crippen LogP contribution in [0.1, 0.15) is 17.7 Å². The van der Waals surface area contributed by atoms with Gasteiger partial charge in [-0.3, -0.25) is 4.79 Å². The first-order chi connectivity index (χ1) is 8.24. The van der Waals surface area contributed by atoms with Crippen LogP contribution in [-0.2, 0) is 11.2 Å². The summed E-state index contributed by atoms with van der Waals surface area (Å²) in [4.78, 5) is 15.3. The molecule has 2 fully saturated rings. The van der Waals surface area contributed by atoms with Gasteiger partial charge >= 0.3 is 0 Å². The first-order valence-electron chi connectivity index (χ1n) is 6.30. The molecule has 1 aliphatic heterocycles. The van der Waals surface area contributed by atoms with Gasteiger partial charge in [0.05, 0.1) is 6.42 Å². The van der Waals surface area contributed by atoms with Crippen molar-refractivity contribution in [1.82, 2.24) is 4.90 Å². The van der Waals surface area contributed by atoms with Crippen LogP contribution in [0, 0.1) is 11.8 Å². The normalized spacial score (nSPS) is 31.8.